The van der Waals surface area contributed by atoms with Gasteiger partial charge in [0.25, 0.3) is 5.91 Å². The minimum absolute atomic E-state index is 0.109. The first-order chi connectivity index (χ1) is 18.1. The molecule has 4 aromatic rings. The summed E-state index contributed by atoms with van der Waals surface area (Å²) >= 11 is 0. The van der Waals surface area contributed by atoms with Crippen molar-refractivity contribution in [2.45, 2.75) is 6.54 Å². The molecular formula is C28H26FN5O3. The number of anilines is 1. The Morgan fingerprint density at radius 1 is 0.892 bits per heavy atom. The number of halogens is 1. The molecule has 2 aromatic heterocycles. The van der Waals surface area contributed by atoms with Gasteiger partial charge < -0.3 is 19.1 Å². The highest BCUT2D eigenvalue weighted by molar-refractivity contribution is 5.96. The molecule has 2 amide bonds. The molecule has 1 aliphatic heterocycles. The summed E-state index contributed by atoms with van der Waals surface area (Å²) in [6.45, 7) is 2.15. The number of nitrogens with zero attached hydrogens (tertiary/aromatic N) is 5. The third-order valence-electron chi connectivity index (χ3n) is 6.29. The fourth-order valence-electron chi connectivity index (χ4n) is 4.30. The van der Waals surface area contributed by atoms with Gasteiger partial charge in [0.2, 0.25) is 5.91 Å². The van der Waals surface area contributed by atoms with Gasteiger partial charge in [0.05, 0.1) is 18.5 Å². The van der Waals surface area contributed by atoms with Crippen LogP contribution in [0, 0.1) is 5.82 Å². The maximum absolute atomic E-state index is 13.7. The first kappa shape index (κ1) is 24.2. The van der Waals surface area contributed by atoms with Crippen LogP contribution >= 0.6 is 0 Å². The Morgan fingerprint density at radius 2 is 1.70 bits per heavy atom. The third kappa shape index (κ3) is 5.83. The average Bonchev–Trinajstić information content (AvgIpc) is 3.46. The van der Waals surface area contributed by atoms with Gasteiger partial charge in [-0.05, 0) is 42.5 Å². The van der Waals surface area contributed by atoms with Crippen LogP contribution in [0.4, 0.5) is 10.2 Å². The largest absolute Gasteiger partial charge is 0.467 e. The van der Waals surface area contributed by atoms with Gasteiger partial charge in [0.15, 0.2) is 5.82 Å². The topological polar surface area (TPSA) is 82.8 Å². The lowest BCUT2D eigenvalue weighted by molar-refractivity contribution is -0.132. The third-order valence-corrected chi connectivity index (χ3v) is 6.29. The Hall–Kier alpha value is -4.53. The van der Waals surface area contributed by atoms with E-state index in [-0.39, 0.29) is 24.6 Å². The lowest BCUT2D eigenvalue weighted by Gasteiger charge is -2.36. The number of hydrogen-bond acceptors (Lipinski definition) is 6. The van der Waals surface area contributed by atoms with Crippen molar-refractivity contribution in [3.63, 3.8) is 0 Å². The van der Waals surface area contributed by atoms with Crippen LogP contribution in [0.2, 0.25) is 0 Å². The molecule has 3 heterocycles. The zero-order valence-corrected chi connectivity index (χ0v) is 20.2. The molecule has 1 saturated heterocycles. The van der Waals surface area contributed by atoms with Crippen molar-refractivity contribution in [2.24, 2.45) is 0 Å². The maximum atomic E-state index is 13.7. The minimum atomic E-state index is -0.508. The van der Waals surface area contributed by atoms with Gasteiger partial charge in [-0.3, -0.25) is 9.59 Å². The van der Waals surface area contributed by atoms with E-state index in [1.807, 2.05) is 42.5 Å². The number of amides is 2. The number of aromatic nitrogens is 2. The van der Waals surface area contributed by atoms with Gasteiger partial charge in [0.1, 0.15) is 18.1 Å². The van der Waals surface area contributed by atoms with Crippen molar-refractivity contribution in [3.8, 4) is 11.3 Å². The van der Waals surface area contributed by atoms with Gasteiger partial charge in [-0.15, -0.1) is 10.2 Å². The van der Waals surface area contributed by atoms with E-state index in [1.54, 1.807) is 17.0 Å². The second-order valence-corrected chi connectivity index (χ2v) is 8.76. The van der Waals surface area contributed by atoms with Crippen molar-refractivity contribution in [3.05, 3.63) is 102 Å². The molecule has 0 spiro atoms. The van der Waals surface area contributed by atoms with E-state index >= 15 is 0 Å². The Bertz CT molecular complexity index is 1340. The quantitative estimate of drug-likeness (QED) is 0.384. The second kappa shape index (κ2) is 11.0. The number of carbonyl (C=O) groups excluding carboxylic acids is 2. The van der Waals surface area contributed by atoms with Crippen LogP contribution < -0.4 is 4.90 Å². The molecular weight excluding hydrogens is 473 g/mol. The standard InChI is InChI=1S/C28H26FN5O3/c29-23-9-4-8-22(18-23)28(36)34(19-24-10-5-17-37-24)20-27(35)33-15-13-32(14-16-33)26-12-11-25(30-31-26)21-6-2-1-3-7-21/h1-12,17-18H,13-16,19-20H2. The van der Waals surface area contributed by atoms with E-state index in [2.05, 4.69) is 15.1 Å². The number of carbonyl (C=O) groups is 2. The first-order valence-corrected chi connectivity index (χ1v) is 12.1. The summed E-state index contributed by atoms with van der Waals surface area (Å²) in [5.74, 6) is 0.177. The molecule has 2 aromatic carbocycles. The first-order valence-electron chi connectivity index (χ1n) is 12.1. The molecule has 0 N–H and O–H groups in total. The minimum Gasteiger partial charge on any atom is -0.467 e. The Morgan fingerprint density at radius 3 is 2.38 bits per heavy atom. The van der Waals surface area contributed by atoms with Crippen LogP contribution in [0.25, 0.3) is 11.3 Å². The smallest absolute Gasteiger partial charge is 0.254 e. The van der Waals surface area contributed by atoms with E-state index in [0.29, 0.717) is 31.9 Å². The van der Waals surface area contributed by atoms with Crippen LogP contribution in [0.15, 0.2) is 89.5 Å². The van der Waals surface area contributed by atoms with Gasteiger partial charge in [-0.2, -0.15) is 0 Å². The normalized spacial score (nSPS) is 13.4. The van der Waals surface area contributed by atoms with Crippen molar-refractivity contribution < 1.29 is 18.4 Å². The molecule has 5 rings (SSSR count). The molecule has 0 bridgehead atoms. The molecule has 1 aliphatic rings. The summed E-state index contributed by atoms with van der Waals surface area (Å²) in [5.41, 5.74) is 1.99. The molecule has 0 atom stereocenters. The van der Waals surface area contributed by atoms with E-state index in [1.165, 1.54) is 35.4 Å². The average molecular weight is 500 g/mol. The zero-order valence-electron chi connectivity index (χ0n) is 20.2. The summed E-state index contributed by atoms with van der Waals surface area (Å²) in [7, 11) is 0. The zero-order chi connectivity index (χ0) is 25.6. The molecule has 0 unspecified atom stereocenters. The molecule has 188 valence electrons. The molecule has 37 heavy (non-hydrogen) atoms. The predicted molar refractivity (Wildman–Crippen MR) is 136 cm³/mol. The van der Waals surface area contributed by atoms with Crippen LogP contribution in [0.5, 0.6) is 0 Å². The summed E-state index contributed by atoms with van der Waals surface area (Å²) in [6.07, 6.45) is 1.51. The summed E-state index contributed by atoms with van der Waals surface area (Å²) < 4.78 is 19.1. The van der Waals surface area contributed by atoms with E-state index in [0.717, 1.165) is 17.1 Å². The predicted octanol–water partition coefficient (Wildman–Crippen LogP) is 3.87. The van der Waals surface area contributed by atoms with Crippen LogP contribution in [0.3, 0.4) is 0 Å². The fourth-order valence-corrected chi connectivity index (χ4v) is 4.30. The van der Waals surface area contributed by atoms with Crippen molar-refractivity contribution in [1.29, 1.82) is 0 Å². The molecule has 1 fully saturated rings. The highest BCUT2D eigenvalue weighted by Gasteiger charge is 2.26. The summed E-state index contributed by atoms with van der Waals surface area (Å²) in [4.78, 5) is 31.5. The Labute approximate surface area is 213 Å². The molecule has 8 nitrogen and oxygen atoms in total. The van der Waals surface area contributed by atoms with Crippen molar-refractivity contribution >= 4 is 17.6 Å². The van der Waals surface area contributed by atoms with Crippen molar-refractivity contribution in [2.75, 3.05) is 37.6 Å². The van der Waals surface area contributed by atoms with Gasteiger partial charge in [-0.1, -0.05) is 36.4 Å². The summed E-state index contributed by atoms with van der Waals surface area (Å²) in [6, 6.07) is 22.7. The SMILES string of the molecule is O=C(CN(Cc1ccco1)C(=O)c1cccc(F)c1)N1CCN(c2ccc(-c3ccccc3)nn2)CC1. The Kier molecular flexibility index (Phi) is 7.21. The van der Waals surface area contributed by atoms with E-state index in [4.69, 9.17) is 4.42 Å². The molecule has 0 saturated carbocycles. The van der Waals surface area contributed by atoms with Crippen molar-refractivity contribution in [1.82, 2.24) is 20.0 Å². The highest BCUT2D eigenvalue weighted by atomic mass is 19.1. The van der Waals surface area contributed by atoms with E-state index in [9.17, 15) is 14.0 Å². The molecule has 0 radical (unpaired) electrons. The molecule has 0 aliphatic carbocycles. The van der Waals surface area contributed by atoms with E-state index < -0.39 is 11.7 Å². The Balaban J connectivity index is 1.21. The number of hydrogen-bond donors (Lipinski definition) is 0. The van der Waals surface area contributed by atoms with Crippen LogP contribution in [0.1, 0.15) is 16.1 Å². The van der Waals surface area contributed by atoms with Crippen LogP contribution in [-0.4, -0.2) is 64.5 Å². The highest BCUT2D eigenvalue weighted by Crippen LogP contribution is 2.19. The monoisotopic (exact) mass is 499 g/mol. The maximum Gasteiger partial charge on any atom is 0.254 e. The summed E-state index contributed by atoms with van der Waals surface area (Å²) in [5, 5.41) is 8.74. The number of benzene rings is 2. The van der Waals surface area contributed by atoms with Gasteiger partial charge >= 0.3 is 0 Å². The van der Waals surface area contributed by atoms with Crippen LogP contribution in [-0.2, 0) is 11.3 Å². The number of piperazine rings is 1. The number of rotatable bonds is 7. The second-order valence-electron chi connectivity index (χ2n) is 8.76. The van der Waals surface area contributed by atoms with Gasteiger partial charge in [-0.25, -0.2) is 4.39 Å². The fraction of sp³-hybridized carbons (Fsp3) is 0.214. The lowest BCUT2D eigenvalue weighted by Crippen LogP contribution is -2.52. The lowest BCUT2D eigenvalue weighted by atomic mass is 10.1. The molecule has 9 heteroatoms. The van der Waals surface area contributed by atoms with Gasteiger partial charge in [0, 0.05) is 37.3 Å². The number of furan rings is 1.